The summed E-state index contributed by atoms with van der Waals surface area (Å²) in [6.45, 7) is 7.67. The van der Waals surface area contributed by atoms with Crippen molar-refractivity contribution in [2.75, 3.05) is 6.54 Å². The minimum atomic E-state index is 0.294. The lowest BCUT2D eigenvalue weighted by molar-refractivity contribution is 0.0994. The molecule has 0 radical (unpaired) electrons. The van der Waals surface area contributed by atoms with Gasteiger partial charge in [0.05, 0.1) is 0 Å². The summed E-state index contributed by atoms with van der Waals surface area (Å²) in [6, 6.07) is 0. The van der Waals surface area contributed by atoms with Gasteiger partial charge in [0.25, 0.3) is 0 Å². The van der Waals surface area contributed by atoms with Crippen LogP contribution in [-0.4, -0.2) is 18.4 Å². The van der Waals surface area contributed by atoms with Crippen molar-refractivity contribution in [2.45, 2.75) is 59.0 Å². The molecule has 4 unspecified atom stereocenters. The van der Waals surface area contributed by atoms with Crippen LogP contribution < -0.4 is 16.3 Å². The van der Waals surface area contributed by atoms with E-state index < -0.39 is 0 Å². The Kier molecular flexibility index (Phi) is 5.01. The zero-order valence-corrected chi connectivity index (χ0v) is 12.0. The maximum Gasteiger partial charge on any atom is 0.109 e. The van der Waals surface area contributed by atoms with Crippen LogP contribution in [0.5, 0.6) is 0 Å². The van der Waals surface area contributed by atoms with Gasteiger partial charge in [0.1, 0.15) is 6.17 Å². The molecule has 4 nitrogen and oxygen atoms in total. The SMILES string of the molecule is CCC(C)/C(C)=N\NC1NNCC2CCCCC21. The average Bonchev–Trinajstić information content (AvgIpc) is 2.43. The minimum absolute atomic E-state index is 0.294. The molecule has 0 spiro atoms. The van der Waals surface area contributed by atoms with Crippen LogP contribution in [0, 0.1) is 17.8 Å². The third-order valence-electron chi connectivity index (χ3n) is 4.72. The smallest absolute Gasteiger partial charge is 0.109 e. The first-order valence-corrected chi connectivity index (χ1v) is 7.50. The Hall–Kier alpha value is -0.610. The van der Waals surface area contributed by atoms with E-state index in [9.17, 15) is 0 Å². The van der Waals surface area contributed by atoms with Crippen molar-refractivity contribution in [1.82, 2.24) is 16.3 Å². The molecule has 1 heterocycles. The van der Waals surface area contributed by atoms with E-state index in [0.717, 1.165) is 24.8 Å². The highest BCUT2D eigenvalue weighted by Gasteiger charge is 2.34. The number of hydrazone groups is 1. The minimum Gasteiger partial charge on any atom is -0.291 e. The van der Waals surface area contributed by atoms with E-state index in [4.69, 9.17) is 0 Å². The Morgan fingerprint density at radius 1 is 1.39 bits per heavy atom. The van der Waals surface area contributed by atoms with Crippen LogP contribution in [0.1, 0.15) is 52.9 Å². The molecule has 0 bridgehead atoms. The maximum atomic E-state index is 4.57. The number of hydrogen-bond donors (Lipinski definition) is 3. The Morgan fingerprint density at radius 2 is 2.17 bits per heavy atom. The molecule has 1 aliphatic carbocycles. The first kappa shape index (κ1) is 13.8. The highest BCUT2D eigenvalue weighted by atomic mass is 15.5. The summed E-state index contributed by atoms with van der Waals surface area (Å²) in [5.74, 6) is 2.11. The van der Waals surface area contributed by atoms with Crippen LogP contribution in [0.2, 0.25) is 0 Å². The Bertz CT molecular complexity index is 288. The number of fused-ring (bicyclic) bond motifs is 1. The lowest BCUT2D eigenvalue weighted by atomic mass is 9.77. The summed E-state index contributed by atoms with van der Waals surface area (Å²) in [4.78, 5) is 0. The highest BCUT2D eigenvalue weighted by Crippen LogP contribution is 2.32. The second-order valence-electron chi connectivity index (χ2n) is 5.90. The van der Waals surface area contributed by atoms with Gasteiger partial charge in [-0.15, -0.1) is 0 Å². The molecule has 0 amide bonds. The fourth-order valence-electron chi connectivity index (χ4n) is 3.04. The molecule has 2 fully saturated rings. The van der Waals surface area contributed by atoms with E-state index >= 15 is 0 Å². The summed E-state index contributed by atoms with van der Waals surface area (Å²) in [6.07, 6.45) is 6.91. The molecule has 4 atom stereocenters. The topological polar surface area (TPSA) is 48.5 Å². The van der Waals surface area contributed by atoms with E-state index in [1.807, 2.05) is 0 Å². The molecular weight excluding hydrogens is 224 g/mol. The number of hydrogen-bond acceptors (Lipinski definition) is 4. The Morgan fingerprint density at radius 3 is 2.94 bits per heavy atom. The van der Waals surface area contributed by atoms with Crippen LogP contribution in [0.15, 0.2) is 5.10 Å². The predicted octanol–water partition coefficient (Wildman–Crippen LogP) is 2.24. The number of nitrogens with one attached hydrogen (secondary N) is 3. The van der Waals surface area contributed by atoms with Gasteiger partial charge in [-0.1, -0.05) is 26.7 Å². The molecule has 0 aromatic rings. The molecular formula is C14H28N4. The Balaban J connectivity index is 1.91. The molecule has 0 aromatic carbocycles. The molecule has 1 saturated heterocycles. The van der Waals surface area contributed by atoms with E-state index in [-0.39, 0.29) is 0 Å². The third-order valence-corrected chi connectivity index (χ3v) is 4.72. The van der Waals surface area contributed by atoms with Gasteiger partial charge in [-0.25, -0.2) is 5.43 Å². The fraction of sp³-hybridized carbons (Fsp3) is 0.929. The van der Waals surface area contributed by atoms with Gasteiger partial charge in [0.15, 0.2) is 0 Å². The Labute approximate surface area is 111 Å². The van der Waals surface area contributed by atoms with Crippen molar-refractivity contribution in [3.05, 3.63) is 0 Å². The molecule has 1 saturated carbocycles. The average molecular weight is 252 g/mol. The van der Waals surface area contributed by atoms with Crippen LogP contribution in [-0.2, 0) is 0 Å². The van der Waals surface area contributed by atoms with Gasteiger partial charge in [0.2, 0.25) is 0 Å². The van der Waals surface area contributed by atoms with Crippen molar-refractivity contribution in [1.29, 1.82) is 0 Å². The second-order valence-corrected chi connectivity index (χ2v) is 5.90. The van der Waals surface area contributed by atoms with Gasteiger partial charge in [-0.2, -0.15) is 5.10 Å². The van der Waals surface area contributed by atoms with E-state index in [1.54, 1.807) is 0 Å². The van der Waals surface area contributed by atoms with Crippen molar-refractivity contribution in [3.63, 3.8) is 0 Å². The van der Waals surface area contributed by atoms with Gasteiger partial charge in [-0.3, -0.25) is 10.9 Å². The third kappa shape index (κ3) is 3.23. The normalized spacial score (nSPS) is 34.8. The standard InChI is InChI=1S/C14H28N4/c1-4-10(2)11(3)16-18-14-13-8-6-5-7-12(13)9-15-17-14/h10,12-15,17-18H,4-9H2,1-3H3/b16-11-. The largest absolute Gasteiger partial charge is 0.291 e. The highest BCUT2D eigenvalue weighted by molar-refractivity contribution is 5.83. The van der Waals surface area contributed by atoms with E-state index in [0.29, 0.717) is 12.1 Å². The summed E-state index contributed by atoms with van der Waals surface area (Å²) >= 11 is 0. The predicted molar refractivity (Wildman–Crippen MR) is 76.1 cm³/mol. The van der Waals surface area contributed by atoms with Crippen LogP contribution in [0.25, 0.3) is 0 Å². The number of hydrazine groups is 1. The van der Waals surface area contributed by atoms with Gasteiger partial charge < -0.3 is 0 Å². The van der Waals surface area contributed by atoms with Crippen LogP contribution in [0.3, 0.4) is 0 Å². The van der Waals surface area contributed by atoms with E-state index in [1.165, 1.54) is 31.4 Å². The van der Waals surface area contributed by atoms with E-state index in [2.05, 4.69) is 42.1 Å². The first-order valence-electron chi connectivity index (χ1n) is 7.50. The molecule has 3 N–H and O–H groups in total. The quantitative estimate of drug-likeness (QED) is 0.531. The summed E-state index contributed by atoms with van der Waals surface area (Å²) in [5.41, 5.74) is 11.2. The molecule has 4 heteroatoms. The van der Waals surface area contributed by atoms with Gasteiger partial charge >= 0.3 is 0 Å². The van der Waals surface area contributed by atoms with Crippen LogP contribution >= 0.6 is 0 Å². The lowest BCUT2D eigenvalue weighted by Crippen LogP contribution is -2.61. The summed E-state index contributed by atoms with van der Waals surface area (Å²) in [5, 5.41) is 4.57. The monoisotopic (exact) mass is 252 g/mol. The van der Waals surface area contributed by atoms with Gasteiger partial charge in [-0.05, 0) is 43.9 Å². The zero-order valence-electron chi connectivity index (χ0n) is 12.0. The molecule has 1 aliphatic heterocycles. The molecule has 2 rings (SSSR count). The fourth-order valence-corrected chi connectivity index (χ4v) is 3.04. The zero-order chi connectivity index (χ0) is 13.0. The molecule has 104 valence electrons. The van der Waals surface area contributed by atoms with Crippen LogP contribution in [0.4, 0.5) is 0 Å². The summed E-state index contributed by atoms with van der Waals surface area (Å²) in [7, 11) is 0. The molecule has 0 aromatic heterocycles. The summed E-state index contributed by atoms with van der Waals surface area (Å²) < 4.78 is 0. The van der Waals surface area contributed by atoms with Crippen molar-refractivity contribution < 1.29 is 0 Å². The van der Waals surface area contributed by atoms with Crippen molar-refractivity contribution in [3.8, 4) is 0 Å². The lowest BCUT2D eigenvalue weighted by Gasteiger charge is -2.41. The molecule has 2 aliphatic rings. The molecule has 18 heavy (non-hydrogen) atoms. The first-order chi connectivity index (χ1) is 8.72. The van der Waals surface area contributed by atoms with Gasteiger partial charge in [0, 0.05) is 12.3 Å². The second kappa shape index (κ2) is 6.53. The maximum absolute atomic E-state index is 4.57. The number of rotatable bonds is 4. The number of nitrogens with zero attached hydrogens (tertiary/aromatic N) is 1. The van der Waals surface area contributed by atoms with Crippen molar-refractivity contribution in [2.24, 2.45) is 22.9 Å². The van der Waals surface area contributed by atoms with Crippen molar-refractivity contribution >= 4 is 5.71 Å².